The Balaban J connectivity index is 2.01. The van der Waals surface area contributed by atoms with Crippen LogP contribution in [0.5, 0.6) is 0 Å². The third-order valence-corrected chi connectivity index (χ3v) is 4.56. The zero-order chi connectivity index (χ0) is 15.6. The molecule has 1 N–H and O–H groups in total. The smallest absolute Gasteiger partial charge is 0.0992 e. The zero-order valence-electron chi connectivity index (χ0n) is 13.1. The summed E-state index contributed by atoms with van der Waals surface area (Å²) in [7, 11) is 0. The van der Waals surface area contributed by atoms with E-state index in [1.807, 2.05) is 0 Å². The van der Waals surface area contributed by atoms with Crippen LogP contribution in [-0.4, -0.2) is 18.8 Å². The number of hydrogen-bond donors (Lipinski definition) is 1. The average Bonchev–Trinajstić information content (AvgIpc) is 2.43. The molecule has 21 heavy (non-hydrogen) atoms. The molecular weight excluding hydrogens is 284 g/mol. The maximum atomic E-state index is 8.98. The SMILES string of the molecule is CC(C)COC1CC(Nc2cc(C#N)ccc2Cl)C1(C)C. The van der Waals surface area contributed by atoms with E-state index in [1.54, 1.807) is 18.2 Å². The van der Waals surface area contributed by atoms with Crippen molar-refractivity contribution in [2.75, 3.05) is 11.9 Å². The van der Waals surface area contributed by atoms with E-state index < -0.39 is 0 Å². The lowest BCUT2D eigenvalue weighted by Gasteiger charge is -2.52. The number of halogens is 1. The van der Waals surface area contributed by atoms with Crippen molar-refractivity contribution in [2.45, 2.75) is 46.3 Å². The molecule has 0 saturated heterocycles. The molecular formula is C17H23ClN2O. The molecule has 114 valence electrons. The summed E-state index contributed by atoms with van der Waals surface area (Å²) in [5, 5.41) is 13.1. The molecule has 1 saturated carbocycles. The van der Waals surface area contributed by atoms with Gasteiger partial charge in [-0.05, 0) is 30.5 Å². The molecule has 1 aromatic carbocycles. The van der Waals surface area contributed by atoms with E-state index in [0.29, 0.717) is 22.5 Å². The number of ether oxygens (including phenoxy) is 1. The van der Waals surface area contributed by atoms with Crippen LogP contribution in [-0.2, 0) is 4.74 Å². The fourth-order valence-electron chi connectivity index (χ4n) is 2.61. The molecule has 0 bridgehead atoms. The highest BCUT2D eigenvalue weighted by Crippen LogP contribution is 2.45. The highest BCUT2D eigenvalue weighted by molar-refractivity contribution is 6.33. The molecule has 1 aromatic rings. The third-order valence-electron chi connectivity index (χ3n) is 4.23. The Kier molecular flexibility index (Phi) is 4.81. The monoisotopic (exact) mass is 306 g/mol. The summed E-state index contributed by atoms with van der Waals surface area (Å²) in [5.74, 6) is 0.551. The van der Waals surface area contributed by atoms with E-state index in [0.717, 1.165) is 18.7 Å². The Labute approximate surface area is 132 Å². The number of nitriles is 1. The Bertz CT molecular complexity index is 548. The zero-order valence-corrected chi connectivity index (χ0v) is 13.9. The molecule has 0 heterocycles. The van der Waals surface area contributed by atoms with Crippen molar-refractivity contribution < 1.29 is 4.74 Å². The summed E-state index contributed by atoms with van der Waals surface area (Å²) >= 11 is 6.21. The number of nitrogens with zero attached hydrogens (tertiary/aromatic N) is 1. The molecule has 0 aliphatic heterocycles. The van der Waals surface area contributed by atoms with Gasteiger partial charge in [-0.1, -0.05) is 39.3 Å². The first kappa shape index (κ1) is 16.1. The second-order valence-electron chi connectivity index (χ2n) is 6.78. The first-order valence-corrected chi connectivity index (χ1v) is 7.80. The van der Waals surface area contributed by atoms with Gasteiger partial charge in [0.15, 0.2) is 0 Å². The Hall–Kier alpha value is -1.24. The van der Waals surface area contributed by atoms with Crippen LogP contribution in [0.15, 0.2) is 18.2 Å². The predicted molar refractivity (Wildman–Crippen MR) is 86.6 cm³/mol. The van der Waals surface area contributed by atoms with Crippen LogP contribution < -0.4 is 5.32 Å². The average molecular weight is 307 g/mol. The van der Waals surface area contributed by atoms with Crippen LogP contribution in [0.25, 0.3) is 0 Å². The standard InChI is InChI=1S/C17H23ClN2O/c1-11(2)10-21-16-8-15(17(16,3)4)20-14-7-12(9-19)5-6-13(14)18/h5-7,11,15-16,20H,8,10H2,1-4H3. The fourth-order valence-corrected chi connectivity index (χ4v) is 2.79. The van der Waals surface area contributed by atoms with Crippen molar-refractivity contribution >= 4 is 17.3 Å². The summed E-state index contributed by atoms with van der Waals surface area (Å²) in [6.07, 6.45) is 1.24. The molecule has 2 rings (SSSR count). The Morgan fingerprint density at radius 2 is 2.19 bits per heavy atom. The van der Waals surface area contributed by atoms with E-state index in [-0.39, 0.29) is 11.5 Å². The van der Waals surface area contributed by atoms with Gasteiger partial charge in [0.05, 0.1) is 28.4 Å². The Morgan fingerprint density at radius 1 is 1.48 bits per heavy atom. The number of benzene rings is 1. The molecule has 0 amide bonds. The first-order chi connectivity index (χ1) is 9.84. The summed E-state index contributed by atoms with van der Waals surface area (Å²) in [4.78, 5) is 0. The van der Waals surface area contributed by atoms with Crippen LogP contribution in [0.1, 0.15) is 39.7 Å². The molecule has 1 aliphatic carbocycles. The largest absolute Gasteiger partial charge is 0.380 e. The van der Waals surface area contributed by atoms with Gasteiger partial charge in [0.2, 0.25) is 0 Å². The number of hydrogen-bond acceptors (Lipinski definition) is 3. The Morgan fingerprint density at radius 3 is 2.76 bits per heavy atom. The van der Waals surface area contributed by atoms with Crippen LogP contribution in [0.3, 0.4) is 0 Å². The lowest BCUT2D eigenvalue weighted by Crippen LogP contribution is -2.58. The van der Waals surface area contributed by atoms with Crippen molar-refractivity contribution in [2.24, 2.45) is 11.3 Å². The van der Waals surface area contributed by atoms with E-state index in [2.05, 4.69) is 39.1 Å². The molecule has 3 nitrogen and oxygen atoms in total. The van der Waals surface area contributed by atoms with E-state index in [9.17, 15) is 0 Å². The van der Waals surface area contributed by atoms with E-state index in [1.165, 1.54) is 0 Å². The van der Waals surface area contributed by atoms with Gasteiger partial charge in [-0.3, -0.25) is 0 Å². The van der Waals surface area contributed by atoms with Gasteiger partial charge < -0.3 is 10.1 Å². The van der Waals surface area contributed by atoms with Gasteiger partial charge in [-0.15, -0.1) is 0 Å². The first-order valence-electron chi connectivity index (χ1n) is 7.42. The minimum atomic E-state index is 0.0564. The number of anilines is 1. The highest BCUT2D eigenvalue weighted by Gasteiger charge is 2.49. The minimum Gasteiger partial charge on any atom is -0.380 e. The topological polar surface area (TPSA) is 45.0 Å². The quantitative estimate of drug-likeness (QED) is 0.873. The maximum Gasteiger partial charge on any atom is 0.0992 e. The van der Waals surface area contributed by atoms with Gasteiger partial charge in [-0.25, -0.2) is 0 Å². The summed E-state index contributed by atoms with van der Waals surface area (Å²) < 4.78 is 5.97. The van der Waals surface area contributed by atoms with E-state index in [4.69, 9.17) is 21.6 Å². The van der Waals surface area contributed by atoms with Gasteiger partial charge in [0.1, 0.15) is 0 Å². The van der Waals surface area contributed by atoms with E-state index >= 15 is 0 Å². The van der Waals surface area contributed by atoms with Gasteiger partial charge in [-0.2, -0.15) is 5.26 Å². The van der Waals surface area contributed by atoms with Crippen LogP contribution in [0, 0.1) is 22.7 Å². The normalized spacial score (nSPS) is 23.5. The fraction of sp³-hybridized carbons (Fsp3) is 0.588. The lowest BCUT2D eigenvalue weighted by atomic mass is 9.64. The summed E-state index contributed by atoms with van der Waals surface area (Å²) in [5.41, 5.74) is 1.50. The molecule has 0 radical (unpaired) electrons. The third kappa shape index (κ3) is 3.51. The van der Waals surface area contributed by atoms with Crippen LogP contribution >= 0.6 is 11.6 Å². The second kappa shape index (κ2) is 6.25. The van der Waals surface area contributed by atoms with Crippen LogP contribution in [0.2, 0.25) is 5.02 Å². The van der Waals surface area contributed by atoms with Gasteiger partial charge in [0, 0.05) is 18.1 Å². The maximum absolute atomic E-state index is 8.98. The molecule has 1 fully saturated rings. The minimum absolute atomic E-state index is 0.0564. The summed E-state index contributed by atoms with van der Waals surface area (Å²) in [6.45, 7) is 9.54. The van der Waals surface area contributed by atoms with Crippen molar-refractivity contribution in [3.8, 4) is 6.07 Å². The molecule has 1 aliphatic rings. The lowest BCUT2D eigenvalue weighted by molar-refractivity contribution is -0.108. The van der Waals surface area contributed by atoms with Crippen molar-refractivity contribution in [1.29, 1.82) is 5.26 Å². The van der Waals surface area contributed by atoms with Gasteiger partial charge in [0.25, 0.3) is 0 Å². The van der Waals surface area contributed by atoms with Crippen LogP contribution in [0.4, 0.5) is 5.69 Å². The predicted octanol–water partition coefficient (Wildman–Crippen LogP) is 4.46. The highest BCUT2D eigenvalue weighted by atomic mass is 35.5. The number of rotatable bonds is 5. The molecule has 2 unspecified atom stereocenters. The van der Waals surface area contributed by atoms with Crippen molar-refractivity contribution in [3.05, 3.63) is 28.8 Å². The number of nitrogens with one attached hydrogen (secondary N) is 1. The van der Waals surface area contributed by atoms with Crippen molar-refractivity contribution in [3.63, 3.8) is 0 Å². The van der Waals surface area contributed by atoms with Crippen molar-refractivity contribution in [1.82, 2.24) is 0 Å². The second-order valence-corrected chi connectivity index (χ2v) is 7.18. The molecule has 0 spiro atoms. The molecule has 4 heteroatoms. The molecule has 0 aromatic heterocycles. The molecule has 2 atom stereocenters. The van der Waals surface area contributed by atoms with Gasteiger partial charge >= 0.3 is 0 Å². The summed E-state index contributed by atoms with van der Waals surface area (Å²) in [6, 6.07) is 7.75.